The molecule has 0 saturated carbocycles. The van der Waals surface area contributed by atoms with Crippen molar-refractivity contribution in [2.75, 3.05) is 6.61 Å². The summed E-state index contributed by atoms with van der Waals surface area (Å²) in [5, 5.41) is 0. The Hall–Kier alpha value is -3.36. The zero-order valence-electron chi connectivity index (χ0n) is 21.1. The van der Waals surface area contributed by atoms with E-state index >= 15 is 0 Å². The maximum Gasteiger partial charge on any atom is 0.199 e. The molecular formula is C33H36O2. The van der Waals surface area contributed by atoms with Gasteiger partial charge in [0.05, 0.1) is 5.41 Å². The molecule has 2 heteroatoms. The van der Waals surface area contributed by atoms with E-state index in [0.29, 0.717) is 6.61 Å². The monoisotopic (exact) mass is 464 g/mol. The summed E-state index contributed by atoms with van der Waals surface area (Å²) in [5.41, 5.74) is 4.85. The molecule has 180 valence electrons. The highest BCUT2D eigenvalue weighted by atomic mass is 16.7. The summed E-state index contributed by atoms with van der Waals surface area (Å²) < 4.78 is 11.8. The Bertz CT molecular complexity index is 1040. The smallest absolute Gasteiger partial charge is 0.199 e. The molecule has 2 atom stereocenters. The molecule has 4 rings (SSSR count). The highest BCUT2D eigenvalue weighted by Gasteiger charge is 2.43. The van der Waals surface area contributed by atoms with Gasteiger partial charge in [-0.1, -0.05) is 117 Å². The maximum absolute atomic E-state index is 6.09. The molecule has 0 bridgehead atoms. The van der Waals surface area contributed by atoms with Crippen molar-refractivity contribution >= 4 is 0 Å². The van der Waals surface area contributed by atoms with Crippen molar-refractivity contribution in [1.29, 1.82) is 0 Å². The van der Waals surface area contributed by atoms with Crippen molar-refractivity contribution in [2.45, 2.75) is 51.2 Å². The fourth-order valence-corrected chi connectivity index (χ4v) is 5.35. The fraction of sp³-hybridized carbons (Fsp3) is 0.273. The second kappa shape index (κ2) is 11.9. The lowest BCUT2D eigenvalue weighted by atomic mass is 9.59. The van der Waals surface area contributed by atoms with Gasteiger partial charge in [0.15, 0.2) is 6.29 Å². The number of hydrogen-bond donors (Lipinski definition) is 0. The lowest BCUT2D eigenvalue weighted by Crippen LogP contribution is -2.36. The topological polar surface area (TPSA) is 18.5 Å². The van der Waals surface area contributed by atoms with Gasteiger partial charge in [0.1, 0.15) is 5.75 Å². The van der Waals surface area contributed by atoms with Gasteiger partial charge in [0.25, 0.3) is 0 Å². The molecule has 0 aromatic heterocycles. The first kappa shape index (κ1) is 24.8. The molecule has 0 radical (unpaired) electrons. The summed E-state index contributed by atoms with van der Waals surface area (Å²) in [4.78, 5) is 0. The van der Waals surface area contributed by atoms with Crippen LogP contribution in [0.15, 0.2) is 115 Å². The third kappa shape index (κ3) is 5.18. The Morgan fingerprint density at radius 1 is 0.571 bits per heavy atom. The molecule has 0 spiro atoms. The van der Waals surface area contributed by atoms with E-state index in [0.717, 1.165) is 18.6 Å². The van der Waals surface area contributed by atoms with E-state index in [2.05, 4.69) is 129 Å². The summed E-state index contributed by atoms with van der Waals surface area (Å²) in [6, 6.07) is 41.5. The summed E-state index contributed by atoms with van der Waals surface area (Å²) in [6.07, 6.45) is 1.58. The Morgan fingerprint density at radius 2 is 1.03 bits per heavy atom. The minimum absolute atomic E-state index is 0.218. The van der Waals surface area contributed by atoms with Gasteiger partial charge in [-0.3, -0.25) is 0 Å². The summed E-state index contributed by atoms with van der Waals surface area (Å²) in [5.74, 6) is 1.06. The van der Waals surface area contributed by atoms with E-state index in [1.54, 1.807) is 0 Å². The van der Waals surface area contributed by atoms with Crippen molar-refractivity contribution in [2.24, 2.45) is 0 Å². The summed E-state index contributed by atoms with van der Waals surface area (Å²) >= 11 is 0. The molecule has 35 heavy (non-hydrogen) atoms. The highest BCUT2D eigenvalue weighted by molar-refractivity contribution is 5.55. The van der Waals surface area contributed by atoms with Gasteiger partial charge in [-0.2, -0.15) is 0 Å². The van der Waals surface area contributed by atoms with Gasteiger partial charge in [-0.25, -0.2) is 0 Å². The molecule has 0 aliphatic rings. The number of rotatable bonds is 11. The molecule has 4 aromatic carbocycles. The van der Waals surface area contributed by atoms with Crippen molar-refractivity contribution in [3.63, 3.8) is 0 Å². The molecule has 2 unspecified atom stereocenters. The average molecular weight is 465 g/mol. The van der Waals surface area contributed by atoms with Crippen molar-refractivity contribution in [3.8, 4) is 5.75 Å². The Labute approximate surface area is 210 Å². The van der Waals surface area contributed by atoms with E-state index in [1.165, 1.54) is 22.3 Å². The van der Waals surface area contributed by atoms with E-state index in [4.69, 9.17) is 9.47 Å². The predicted molar refractivity (Wildman–Crippen MR) is 145 cm³/mol. The summed E-state index contributed by atoms with van der Waals surface area (Å²) in [7, 11) is 0. The largest absolute Gasteiger partial charge is 0.465 e. The fourth-order valence-electron chi connectivity index (χ4n) is 5.35. The van der Waals surface area contributed by atoms with Crippen molar-refractivity contribution in [3.05, 3.63) is 138 Å². The first-order valence-electron chi connectivity index (χ1n) is 12.8. The minimum atomic E-state index is -0.335. The first-order chi connectivity index (χ1) is 17.2. The molecule has 4 aromatic rings. The average Bonchev–Trinajstić information content (AvgIpc) is 2.93. The van der Waals surface area contributed by atoms with Gasteiger partial charge in [-0.05, 0) is 47.7 Å². The van der Waals surface area contributed by atoms with Crippen LogP contribution in [0.2, 0.25) is 0 Å². The standard InChI is InChI=1S/C33H36O2/c1-4-31(26-22-24-30(25-23-26)35-32(5-2)34-6-3)33(27-16-10-7-11-17-27,28-18-12-8-13-19-28)29-20-14-9-15-21-29/h7-25,31-32H,4-6H2,1-3H3. The lowest BCUT2D eigenvalue weighted by molar-refractivity contribution is -0.0766. The van der Waals surface area contributed by atoms with Gasteiger partial charge < -0.3 is 9.47 Å². The van der Waals surface area contributed by atoms with Gasteiger partial charge in [0, 0.05) is 18.9 Å². The Kier molecular flexibility index (Phi) is 8.39. The third-order valence-corrected chi connectivity index (χ3v) is 6.85. The molecule has 0 amide bonds. The number of hydrogen-bond acceptors (Lipinski definition) is 2. The molecule has 0 aliphatic heterocycles. The predicted octanol–water partition coefficient (Wildman–Crippen LogP) is 8.37. The van der Waals surface area contributed by atoms with Crippen LogP contribution in [-0.2, 0) is 10.2 Å². The molecule has 0 fully saturated rings. The van der Waals surface area contributed by atoms with Crippen LogP contribution in [0.1, 0.15) is 61.8 Å². The van der Waals surface area contributed by atoms with E-state index < -0.39 is 0 Å². The van der Waals surface area contributed by atoms with Crippen molar-refractivity contribution < 1.29 is 9.47 Å². The molecular weight excluding hydrogens is 428 g/mol. The molecule has 0 saturated heterocycles. The van der Waals surface area contributed by atoms with Crippen LogP contribution in [0.25, 0.3) is 0 Å². The molecule has 2 nitrogen and oxygen atoms in total. The van der Waals surface area contributed by atoms with E-state index in [1.807, 2.05) is 6.92 Å². The first-order valence-corrected chi connectivity index (χ1v) is 12.8. The zero-order chi connectivity index (χ0) is 24.5. The zero-order valence-corrected chi connectivity index (χ0v) is 21.1. The van der Waals surface area contributed by atoms with Crippen molar-refractivity contribution in [1.82, 2.24) is 0 Å². The quantitative estimate of drug-likeness (QED) is 0.164. The van der Waals surface area contributed by atoms with Crippen LogP contribution < -0.4 is 4.74 Å². The normalized spacial score (nSPS) is 13.2. The minimum Gasteiger partial charge on any atom is -0.465 e. The molecule has 0 aliphatic carbocycles. The van der Waals surface area contributed by atoms with Crippen LogP contribution in [0, 0.1) is 0 Å². The van der Waals surface area contributed by atoms with Gasteiger partial charge >= 0.3 is 0 Å². The maximum atomic E-state index is 6.09. The second-order valence-corrected chi connectivity index (χ2v) is 8.85. The second-order valence-electron chi connectivity index (χ2n) is 8.85. The number of benzene rings is 4. The van der Waals surface area contributed by atoms with E-state index in [-0.39, 0.29) is 17.6 Å². The van der Waals surface area contributed by atoms with Crippen LogP contribution in [0.3, 0.4) is 0 Å². The summed E-state index contributed by atoms with van der Waals surface area (Å²) in [6.45, 7) is 7.01. The third-order valence-electron chi connectivity index (χ3n) is 6.85. The van der Waals surface area contributed by atoms with Crippen LogP contribution in [0.4, 0.5) is 0 Å². The Morgan fingerprint density at radius 3 is 1.40 bits per heavy atom. The van der Waals surface area contributed by atoms with Crippen LogP contribution in [-0.4, -0.2) is 12.9 Å². The van der Waals surface area contributed by atoms with Gasteiger partial charge in [-0.15, -0.1) is 0 Å². The number of ether oxygens (including phenoxy) is 2. The highest BCUT2D eigenvalue weighted by Crippen LogP contribution is 2.51. The van der Waals surface area contributed by atoms with Crippen LogP contribution >= 0.6 is 0 Å². The van der Waals surface area contributed by atoms with Crippen LogP contribution in [0.5, 0.6) is 5.75 Å². The van der Waals surface area contributed by atoms with E-state index in [9.17, 15) is 0 Å². The Balaban J connectivity index is 1.87. The molecule has 0 heterocycles. The lowest BCUT2D eigenvalue weighted by Gasteiger charge is -2.43. The molecule has 0 N–H and O–H groups in total. The SMILES string of the molecule is CCOC(CC)Oc1ccc(C(CC)C(c2ccccc2)(c2ccccc2)c2ccccc2)cc1. The van der Waals surface area contributed by atoms with Gasteiger partial charge in [0.2, 0.25) is 0 Å².